The first-order valence-electron chi connectivity index (χ1n) is 5.17. The molecule has 14 heavy (non-hydrogen) atoms. The van der Waals surface area contributed by atoms with E-state index in [1.54, 1.807) is 0 Å². The van der Waals surface area contributed by atoms with Crippen molar-refractivity contribution in [1.82, 2.24) is 0 Å². The Bertz CT molecular complexity index is 333. The number of hydrogen-bond acceptors (Lipinski definition) is 2. The van der Waals surface area contributed by atoms with Crippen LogP contribution in [-0.2, 0) is 0 Å². The van der Waals surface area contributed by atoms with Crippen LogP contribution in [0.1, 0.15) is 43.4 Å². The van der Waals surface area contributed by atoms with Gasteiger partial charge in [-0.05, 0) is 17.9 Å². The van der Waals surface area contributed by atoms with Crippen LogP contribution < -0.4 is 4.74 Å². The molecule has 0 aliphatic carbocycles. The third kappa shape index (κ3) is 1.40. The van der Waals surface area contributed by atoms with Gasteiger partial charge in [-0.2, -0.15) is 0 Å². The highest BCUT2D eigenvalue weighted by molar-refractivity contribution is 5.46. The molecule has 0 bridgehead atoms. The quantitative estimate of drug-likeness (QED) is 0.780. The Morgan fingerprint density at radius 2 is 2.36 bits per heavy atom. The van der Waals surface area contributed by atoms with Crippen LogP contribution in [-0.4, -0.2) is 11.7 Å². The molecule has 0 amide bonds. The van der Waals surface area contributed by atoms with Crippen LogP contribution in [0.4, 0.5) is 0 Å². The van der Waals surface area contributed by atoms with Crippen molar-refractivity contribution in [3.63, 3.8) is 0 Å². The fourth-order valence-electron chi connectivity index (χ4n) is 1.86. The summed E-state index contributed by atoms with van der Waals surface area (Å²) in [6.45, 7) is 4.75. The molecule has 2 heteroatoms. The summed E-state index contributed by atoms with van der Waals surface area (Å²) in [6, 6.07) is 6.03. The summed E-state index contributed by atoms with van der Waals surface area (Å²) in [7, 11) is 0. The molecule has 2 nitrogen and oxygen atoms in total. The van der Waals surface area contributed by atoms with Crippen molar-refractivity contribution < 1.29 is 9.84 Å². The number of benzene rings is 1. The maximum absolute atomic E-state index is 9.64. The summed E-state index contributed by atoms with van der Waals surface area (Å²) in [5.41, 5.74) is 2.17. The molecule has 0 spiro atoms. The molecule has 2 unspecified atom stereocenters. The van der Waals surface area contributed by atoms with Crippen LogP contribution in [0.5, 0.6) is 5.75 Å². The van der Waals surface area contributed by atoms with Gasteiger partial charge in [-0.25, -0.2) is 0 Å². The number of ether oxygens (including phenoxy) is 1. The van der Waals surface area contributed by atoms with Gasteiger partial charge in [0, 0.05) is 5.56 Å². The number of hydrogen-bond donors (Lipinski definition) is 1. The molecule has 2 rings (SSSR count). The molecular formula is C12H16O2. The van der Waals surface area contributed by atoms with Crippen molar-refractivity contribution in [3.8, 4) is 5.75 Å². The molecule has 0 radical (unpaired) electrons. The van der Waals surface area contributed by atoms with E-state index in [-0.39, 0.29) is 0 Å². The van der Waals surface area contributed by atoms with E-state index in [1.807, 2.05) is 12.1 Å². The number of aliphatic hydroxyl groups excluding tert-OH is 1. The fourth-order valence-corrected chi connectivity index (χ4v) is 1.86. The van der Waals surface area contributed by atoms with E-state index in [9.17, 15) is 5.11 Å². The van der Waals surface area contributed by atoms with Gasteiger partial charge in [0.15, 0.2) is 0 Å². The lowest BCUT2D eigenvalue weighted by Gasteiger charge is -2.13. The van der Waals surface area contributed by atoms with Crippen molar-refractivity contribution in [2.45, 2.75) is 32.3 Å². The topological polar surface area (TPSA) is 29.5 Å². The molecule has 1 aromatic rings. The van der Waals surface area contributed by atoms with E-state index in [1.165, 1.54) is 5.56 Å². The van der Waals surface area contributed by atoms with E-state index in [4.69, 9.17) is 4.74 Å². The van der Waals surface area contributed by atoms with Crippen LogP contribution >= 0.6 is 0 Å². The Kier molecular flexibility index (Phi) is 2.46. The summed E-state index contributed by atoms with van der Waals surface area (Å²) < 4.78 is 5.51. The van der Waals surface area contributed by atoms with Crippen LogP contribution in [0, 0.1) is 0 Å². The van der Waals surface area contributed by atoms with Gasteiger partial charge in [-0.1, -0.05) is 32.0 Å². The third-order valence-electron chi connectivity index (χ3n) is 2.96. The maximum Gasteiger partial charge on any atom is 0.128 e. The second-order valence-electron chi connectivity index (χ2n) is 3.90. The molecule has 0 fully saturated rings. The van der Waals surface area contributed by atoms with Crippen molar-refractivity contribution in [2.24, 2.45) is 0 Å². The molecule has 0 aromatic heterocycles. The molecule has 1 aliphatic rings. The minimum Gasteiger partial charge on any atom is -0.490 e. The average molecular weight is 192 g/mol. The Hall–Kier alpha value is -1.02. The van der Waals surface area contributed by atoms with Crippen LogP contribution in [0.25, 0.3) is 0 Å². The summed E-state index contributed by atoms with van der Waals surface area (Å²) >= 11 is 0. The van der Waals surface area contributed by atoms with Gasteiger partial charge in [0.05, 0.1) is 0 Å². The molecule has 0 saturated heterocycles. The van der Waals surface area contributed by atoms with Crippen molar-refractivity contribution >= 4 is 0 Å². The third-order valence-corrected chi connectivity index (χ3v) is 2.96. The molecule has 1 aliphatic heterocycles. The van der Waals surface area contributed by atoms with Crippen LogP contribution in [0.15, 0.2) is 18.2 Å². The van der Waals surface area contributed by atoms with E-state index in [0.717, 1.165) is 17.7 Å². The Morgan fingerprint density at radius 1 is 1.57 bits per heavy atom. The number of aliphatic hydroxyl groups is 1. The number of rotatable bonds is 2. The number of fused-ring (bicyclic) bond motifs is 1. The Balaban J connectivity index is 2.43. The van der Waals surface area contributed by atoms with E-state index >= 15 is 0 Å². The summed E-state index contributed by atoms with van der Waals surface area (Å²) in [4.78, 5) is 0. The van der Waals surface area contributed by atoms with Gasteiger partial charge < -0.3 is 9.84 Å². The largest absolute Gasteiger partial charge is 0.490 e. The van der Waals surface area contributed by atoms with Crippen LogP contribution in [0.2, 0.25) is 0 Å². The lowest BCUT2D eigenvalue weighted by Crippen LogP contribution is -1.97. The Labute approximate surface area is 84.5 Å². The maximum atomic E-state index is 9.64. The molecule has 2 atom stereocenters. The average Bonchev–Trinajstić information content (AvgIpc) is 2.59. The van der Waals surface area contributed by atoms with Gasteiger partial charge >= 0.3 is 0 Å². The monoisotopic (exact) mass is 192 g/mol. The lowest BCUT2D eigenvalue weighted by atomic mass is 9.95. The summed E-state index contributed by atoms with van der Waals surface area (Å²) in [5, 5.41) is 9.64. The first-order valence-corrected chi connectivity index (χ1v) is 5.17. The predicted octanol–water partition coefficient (Wildman–Crippen LogP) is 2.63. The Morgan fingerprint density at radius 3 is 3.07 bits per heavy atom. The van der Waals surface area contributed by atoms with Gasteiger partial charge in [0.2, 0.25) is 0 Å². The lowest BCUT2D eigenvalue weighted by molar-refractivity contribution is 0.140. The minimum absolute atomic E-state index is 0.406. The van der Waals surface area contributed by atoms with Gasteiger partial charge in [-0.3, -0.25) is 0 Å². The van der Waals surface area contributed by atoms with E-state index in [2.05, 4.69) is 19.9 Å². The molecule has 1 N–H and O–H groups in total. The van der Waals surface area contributed by atoms with Gasteiger partial charge in [-0.15, -0.1) is 0 Å². The van der Waals surface area contributed by atoms with Crippen molar-refractivity contribution in [3.05, 3.63) is 29.3 Å². The second-order valence-corrected chi connectivity index (χ2v) is 3.90. The van der Waals surface area contributed by atoms with Gasteiger partial charge in [0.1, 0.15) is 18.5 Å². The molecule has 0 saturated carbocycles. The predicted molar refractivity (Wildman–Crippen MR) is 55.6 cm³/mol. The van der Waals surface area contributed by atoms with Crippen LogP contribution in [0.3, 0.4) is 0 Å². The summed E-state index contributed by atoms with van der Waals surface area (Å²) in [5.74, 6) is 1.41. The normalized spacial score (nSPS) is 21.5. The zero-order chi connectivity index (χ0) is 10.1. The molecular weight excluding hydrogens is 176 g/mol. The molecule has 1 aromatic carbocycles. The SMILES string of the molecule is CCC(C)c1cccc2c1OCC2O. The van der Waals surface area contributed by atoms with Crippen molar-refractivity contribution in [2.75, 3.05) is 6.61 Å². The zero-order valence-corrected chi connectivity index (χ0v) is 8.66. The first-order chi connectivity index (χ1) is 6.74. The standard InChI is InChI=1S/C12H16O2/c1-3-8(2)9-5-4-6-10-11(13)7-14-12(9)10/h4-6,8,11,13H,3,7H2,1-2H3. The highest BCUT2D eigenvalue weighted by atomic mass is 16.5. The molecule has 76 valence electrons. The highest BCUT2D eigenvalue weighted by Gasteiger charge is 2.25. The zero-order valence-electron chi connectivity index (χ0n) is 8.66. The van der Waals surface area contributed by atoms with Crippen molar-refractivity contribution in [1.29, 1.82) is 0 Å². The fraction of sp³-hybridized carbons (Fsp3) is 0.500. The minimum atomic E-state index is -0.436. The smallest absolute Gasteiger partial charge is 0.128 e. The van der Waals surface area contributed by atoms with Gasteiger partial charge in [0.25, 0.3) is 0 Å². The van der Waals surface area contributed by atoms with E-state index < -0.39 is 6.10 Å². The summed E-state index contributed by atoms with van der Waals surface area (Å²) in [6.07, 6.45) is 0.657. The number of para-hydroxylation sites is 1. The molecule has 1 heterocycles. The highest BCUT2D eigenvalue weighted by Crippen LogP contribution is 2.39. The second kappa shape index (κ2) is 3.62. The first kappa shape index (κ1) is 9.53. The van der Waals surface area contributed by atoms with E-state index in [0.29, 0.717) is 12.5 Å².